The molecule has 1 fully saturated rings. The number of rotatable bonds is 8. The number of likely N-dealkylation sites (tertiary alicyclic amines) is 1. The molecule has 1 atom stereocenters. The number of hydrogen-bond acceptors (Lipinski definition) is 11. The lowest BCUT2D eigenvalue weighted by Gasteiger charge is -2.31. The second kappa shape index (κ2) is 15.0. The number of benzene rings is 3. The molecule has 0 radical (unpaired) electrons. The Balaban J connectivity index is 0.000000171. The molecule has 2 aliphatic rings. The van der Waals surface area contributed by atoms with Gasteiger partial charge in [0, 0.05) is 30.4 Å². The maximum Gasteiger partial charge on any atom is 0.298 e. The van der Waals surface area contributed by atoms with E-state index in [-0.39, 0.29) is 30.3 Å². The molecule has 3 aromatic carbocycles. The maximum atomic E-state index is 14.2. The van der Waals surface area contributed by atoms with E-state index in [0.717, 1.165) is 47.4 Å². The van der Waals surface area contributed by atoms with Crippen molar-refractivity contribution in [2.45, 2.75) is 31.4 Å². The standard InChI is InChI=1S/C21H17N5O3S.C16H18F2N4O2/c22-18-21(28)26(15-11-17(19(23)27)30-20(15)24-18)13-6-7-16-14(10-13)25(8-9-29-16)12-4-2-1-3-5-12;17-12-3-4-13(14(18)7-12)16(24,9-22-11-19-10-20-22)8-15(23)21-5-1-2-6-21/h1-7,10-11H,8-9H2,(H2,22,24)(H2,23,27);3-4,7,10-11,24H,1-2,5-6,8-9H2. The van der Waals surface area contributed by atoms with Crippen molar-refractivity contribution in [3.8, 4) is 11.4 Å². The largest absolute Gasteiger partial charge is 0.490 e. The summed E-state index contributed by atoms with van der Waals surface area (Å²) in [6, 6.07) is 19.9. The number of thiophene rings is 1. The normalized spacial score (nSPS) is 14.9. The summed E-state index contributed by atoms with van der Waals surface area (Å²) in [6.07, 6.45) is 4.17. The van der Waals surface area contributed by atoms with Crippen LogP contribution in [0.15, 0.2) is 90.2 Å². The van der Waals surface area contributed by atoms with Crippen molar-refractivity contribution in [1.82, 2.24) is 29.2 Å². The number of nitrogens with zero attached hydrogens (tertiary/aromatic N) is 7. The summed E-state index contributed by atoms with van der Waals surface area (Å²) >= 11 is 1.10. The zero-order chi connectivity index (χ0) is 38.0. The van der Waals surface area contributed by atoms with E-state index >= 15 is 0 Å². The van der Waals surface area contributed by atoms with Gasteiger partial charge in [0.05, 0.1) is 41.3 Å². The first-order valence-corrected chi connectivity index (χ1v) is 17.8. The number of carbonyl (C=O) groups is 2. The number of amides is 2. The van der Waals surface area contributed by atoms with Gasteiger partial charge in [-0.2, -0.15) is 5.10 Å². The van der Waals surface area contributed by atoms with Crippen molar-refractivity contribution in [1.29, 1.82) is 0 Å². The molecule has 0 aliphatic carbocycles. The van der Waals surface area contributed by atoms with Gasteiger partial charge in [0.1, 0.15) is 47.1 Å². The lowest BCUT2D eigenvalue weighted by atomic mass is 9.89. The van der Waals surface area contributed by atoms with E-state index in [4.69, 9.17) is 16.2 Å². The summed E-state index contributed by atoms with van der Waals surface area (Å²) in [5.74, 6) is -1.90. The zero-order valence-electron chi connectivity index (χ0n) is 28.8. The molecule has 1 saturated heterocycles. The number of aliphatic hydroxyl groups is 1. The predicted octanol–water partition coefficient (Wildman–Crippen LogP) is 4.12. The summed E-state index contributed by atoms with van der Waals surface area (Å²) < 4.78 is 36.0. The fraction of sp³-hybridized carbons (Fsp3) is 0.243. The maximum absolute atomic E-state index is 14.2. The Morgan fingerprint density at radius 1 is 0.981 bits per heavy atom. The molecule has 54 heavy (non-hydrogen) atoms. The van der Waals surface area contributed by atoms with E-state index in [2.05, 4.69) is 20.0 Å². The van der Waals surface area contributed by atoms with E-state index in [1.165, 1.54) is 28.0 Å². The molecule has 17 heteroatoms. The van der Waals surface area contributed by atoms with Crippen LogP contribution in [0.4, 0.5) is 26.0 Å². The van der Waals surface area contributed by atoms with Crippen LogP contribution in [0.3, 0.4) is 0 Å². The number of ether oxygens (including phenoxy) is 1. The number of primary amides is 1. The molecule has 1 unspecified atom stereocenters. The second-order valence-corrected chi connectivity index (χ2v) is 13.8. The Bertz CT molecular complexity index is 2380. The van der Waals surface area contributed by atoms with Gasteiger partial charge in [0.2, 0.25) is 5.91 Å². The first-order valence-electron chi connectivity index (χ1n) is 17.0. The van der Waals surface area contributed by atoms with Gasteiger partial charge in [-0.1, -0.05) is 24.3 Å². The van der Waals surface area contributed by atoms with Gasteiger partial charge in [0.15, 0.2) is 5.82 Å². The number of fused-ring (bicyclic) bond motifs is 2. The van der Waals surface area contributed by atoms with Crippen LogP contribution in [0.25, 0.3) is 16.0 Å². The van der Waals surface area contributed by atoms with E-state index in [1.807, 2.05) is 42.5 Å². The SMILES string of the molecule is NC(=O)c1cc2c(nc(N)c(=O)n2-c2ccc3c(c2)N(c2ccccc2)CCO3)s1.O=C(CC(O)(Cn1cncn1)c1ccc(F)cc1F)N1CCCC1. The van der Waals surface area contributed by atoms with Crippen LogP contribution in [-0.2, 0) is 16.9 Å². The number of hydrogen-bond donors (Lipinski definition) is 3. The lowest BCUT2D eigenvalue weighted by Crippen LogP contribution is -2.40. The number of carbonyl (C=O) groups excluding carboxylic acids is 2. The fourth-order valence-electron chi connectivity index (χ4n) is 6.61. The lowest BCUT2D eigenvalue weighted by molar-refractivity contribution is -0.136. The van der Waals surface area contributed by atoms with Crippen molar-refractivity contribution < 1.29 is 28.2 Å². The highest BCUT2D eigenvalue weighted by Gasteiger charge is 2.38. The fourth-order valence-corrected chi connectivity index (χ4v) is 7.48. The molecule has 0 spiro atoms. The number of halogens is 2. The van der Waals surface area contributed by atoms with Crippen molar-refractivity contribution in [3.05, 3.63) is 118 Å². The third-order valence-corrected chi connectivity index (χ3v) is 10.2. The van der Waals surface area contributed by atoms with E-state index in [0.29, 0.717) is 53.2 Å². The number of anilines is 3. The zero-order valence-corrected chi connectivity index (χ0v) is 29.6. The van der Waals surface area contributed by atoms with Crippen LogP contribution in [0.2, 0.25) is 0 Å². The minimum absolute atomic E-state index is 0.132. The molecule has 14 nitrogen and oxygen atoms in total. The Morgan fingerprint density at radius 2 is 1.76 bits per heavy atom. The van der Waals surface area contributed by atoms with Crippen LogP contribution in [0.1, 0.15) is 34.5 Å². The predicted molar refractivity (Wildman–Crippen MR) is 198 cm³/mol. The van der Waals surface area contributed by atoms with Crippen LogP contribution < -0.4 is 26.7 Å². The highest BCUT2D eigenvalue weighted by Crippen LogP contribution is 2.38. The second-order valence-electron chi connectivity index (χ2n) is 12.8. The van der Waals surface area contributed by atoms with Crippen LogP contribution in [0.5, 0.6) is 5.75 Å². The van der Waals surface area contributed by atoms with Gasteiger partial charge in [-0.3, -0.25) is 19.0 Å². The minimum Gasteiger partial charge on any atom is -0.490 e. The molecular weight excluding hydrogens is 721 g/mol. The van der Waals surface area contributed by atoms with Gasteiger partial charge < -0.3 is 31.1 Å². The summed E-state index contributed by atoms with van der Waals surface area (Å²) in [5.41, 5.74) is 11.8. The Labute approximate surface area is 310 Å². The van der Waals surface area contributed by atoms with Crippen LogP contribution >= 0.6 is 11.3 Å². The Morgan fingerprint density at radius 3 is 2.46 bits per heavy atom. The molecule has 5 heterocycles. The van der Waals surface area contributed by atoms with Gasteiger partial charge in [-0.25, -0.2) is 23.4 Å². The number of para-hydroxylation sites is 1. The number of aromatic nitrogens is 5. The summed E-state index contributed by atoms with van der Waals surface area (Å²) in [6.45, 7) is 2.33. The van der Waals surface area contributed by atoms with Crippen molar-refractivity contribution in [2.75, 3.05) is 36.9 Å². The molecule has 0 saturated carbocycles. The first kappa shape index (κ1) is 36.2. The Hall–Kier alpha value is -6.20. The highest BCUT2D eigenvalue weighted by molar-refractivity contribution is 7.20. The minimum atomic E-state index is -1.84. The van der Waals surface area contributed by atoms with Crippen molar-refractivity contribution in [3.63, 3.8) is 0 Å². The third kappa shape index (κ3) is 7.35. The molecule has 8 rings (SSSR count). The van der Waals surface area contributed by atoms with E-state index in [1.54, 1.807) is 17.0 Å². The van der Waals surface area contributed by atoms with E-state index in [9.17, 15) is 28.3 Å². The highest BCUT2D eigenvalue weighted by atomic mass is 32.1. The molecule has 2 amide bonds. The average molecular weight is 756 g/mol. The van der Waals surface area contributed by atoms with Crippen molar-refractivity contribution in [2.24, 2.45) is 5.73 Å². The summed E-state index contributed by atoms with van der Waals surface area (Å²) in [4.78, 5) is 49.5. The molecule has 2 aliphatic heterocycles. The molecule has 3 aromatic heterocycles. The van der Waals surface area contributed by atoms with Gasteiger partial charge >= 0.3 is 0 Å². The smallest absolute Gasteiger partial charge is 0.298 e. The van der Waals surface area contributed by atoms with Gasteiger partial charge in [-0.15, -0.1) is 11.3 Å². The van der Waals surface area contributed by atoms with Crippen molar-refractivity contribution >= 4 is 50.7 Å². The van der Waals surface area contributed by atoms with Gasteiger partial charge in [-0.05, 0) is 55.3 Å². The topological polar surface area (TPSA) is 188 Å². The number of nitrogens with two attached hydrogens (primary N) is 2. The molecular formula is C37H35F2N9O5S. The quantitative estimate of drug-likeness (QED) is 0.204. The molecule has 6 aromatic rings. The first-order chi connectivity index (χ1) is 26.0. The van der Waals surface area contributed by atoms with E-state index < -0.39 is 28.7 Å². The summed E-state index contributed by atoms with van der Waals surface area (Å²) in [7, 11) is 0. The van der Waals surface area contributed by atoms with Crippen LogP contribution in [-0.4, -0.2) is 72.4 Å². The molecule has 278 valence electrons. The average Bonchev–Trinajstić information content (AvgIpc) is 3.96. The molecule has 0 bridgehead atoms. The molecule has 5 N–H and O–H groups in total. The van der Waals surface area contributed by atoms with Gasteiger partial charge in [0.25, 0.3) is 11.5 Å². The number of nitrogen functional groups attached to an aromatic ring is 1. The Kier molecular flexibility index (Phi) is 10.1. The summed E-state index contributed by atoms with van der Waals surface area (Å²) in [5, 5.41) is 15.0. The van der Waals surface area contributed by atoms with Crippen LogP contribution in [0, 0.1) is 11.6 Å². The monoisotopic (exact) mass is 755 g/mol. The third-order valence-electron chi connectivity index (χ3n) is 9.18.